The van der Waals surface area contributed by atoms with Crippen LogP contribution in [0.3, 0.4) is 0 Å². The third kappa shape index (κ3) is 74.3. The molecule has 0 radical (unpaired) electrons. The lowest BCUT2D eigenvalue weighted by molar-refractivity contribution is -0.161. The Bertz CT molecular complexity index is 2310. The first kappa shape index (κ1) is 98.0. The van der Waals surface area contributed by atoms with E-state index in [4.69, 9.17) is 37.0 Å². The van der Waals surface area contributed by atoms with Gasteiger partial charge in [0, 0.05) is 25.7 Å². The second-order valence-corrected chi connectivity index (χ2v) is 29.9. The molecule has 0 aromatic carbocycles. The van der Waals surface area contributed by atoms with Crippen LogP contribution in [0.25, 0.3) is 0 Å². The highest BCUT2D eigenvalue weighted by molar-refractivity contribution is 7.47. The van der Waals surface area contributed by atoms with Gasteiger partial charge in [-0.2, -0.15) is 0 Å². The third-order valence-corrected chi connectivity index (χ3v) is 18.9. The molecule has 0 saturated carbocycles. The van der Waals surface area contributed by atoms with E-state index in [1.807, 2.05) is 12.2 Å². The number of rotatable bonds is 76. The first-order chi connectivity index (χ1) is 49.7. The van der Waals surface area contributed by atoms with Crippen molar-refractivity contribution in [2.75, 3.05) is 39.6 Å². The molecule has 0 aliphatic heterocycles. The molecule has 0 bridgehead atoms. The zero-order valence-electron chi connectivity index (χ0n) is 64.5. The van der Waals surface area contributed by atoms with Crippen LogP contribution >= 0.6 is 15.6 Å². The number of aliphatic hydroxyl groups excluding tert-OH is 1. The van der Waals surface area contributed by atoms with E-state index in [9.17, 15) is 43.2 Å². The van der Waals surface area contributed by atoms with Crippen molar-refractivity contribution in [3.63, 3.8) is 0 Å². The quantitative estimate of drug-likeness (QED) is 0.0169. The molecule has 3 N–H and O–H groups in total. The van der Waals surface area contributed by atoms with Crippen LogP contribution in [-0.4, -0.2) is 96.7 Å². The molecule has 0 spiro atoms. The van der Waals surface area contributed by atoms with Crippen LogP contribution in [0.15, 0.2) is 97.2 Å². The molecule has 0 aromatic rings. The molecule has 590 valence electrons. The SMILES string of the molecule is CCCCC/C=C\C/C=C\C/C=C\C/C=C\C/C=C\CCC(=O)OC[C@H](COP(=O)(O)OC[C@@H](O)COP(=O)(O)OC[C@@H](COC(=O)CCCCCCC/C=C\CCCCCCCC)OC(=O)CCCCCCC/C=C\CCCCCC)OC(=O)CCCCCCC/C=C\CCCCCCCC. The highest BCUT2D eigenvalue weighted by Gasteiger charge is 2.30. The number of esters is 4. The monoisotopic (exact) mass is 1480 g/mol. The molecule has 0 rings (SSSR count). The van der Waals surface area contributed by atoms with Gasteiger partial charge in [-0.1, -0.05) is 279 Å². The van der Waals surface area contributed by atoms with Crippen molar-refractivity contribution >= 4 is 39.5 Å². The molecule has 0 amide bonds. The summed E-state index contributed by atoms with van der Waals surface area (Å²) < 4.78 is 68.5. The molecule has 0 aliphatic rings. The molecule has 0 heterocycles. The van der Waals surface area contributed by atoms with Crippen molar-refractivity contribution in [2.45, 2.75) is 367 Å². The Labute approximate surface area is 620 Å². The van der Waals surface area contributed by atoms with Crippen LogP contribution in [0.5, 0.6) is 0 Å². The number of ether oxygens (including phenoxy) is 4. The lowest BCUT2D eigenvalue weighted by Gasteiger charge is -2.21. The number of carbonyl (C=O) groups excluding carboxylic acids is 4. The third-order valence-electron chi connectivity index (χ3n) is 17.0. The number of carbonyl (C=O) groups is 4. The first-order valence-corrected chi connectivity index (χ1v) is 43.5. The lowest BCUT2D eigenvalue weighted by Crippen LogP contribution is -2.30. The van der Waals surface area contributed by atoms with E-state index in [1.165, 1.54) is 122 Å². The van der Waals surface area contributed by atoms with Gasteiger partial charge in [0.15, 0.2) is 12.2 Å². The highest BCUT2D eigenvalue weighted by Crippen LogP contribution is 2.45. The number of phosphoric acid groups is 2. The molecule has 2 unspecified atom stereocenters. The molecule has 17 nitrogen and oxygen atoms in total. The largest absolute Gasteiger partial charge is 0.472 e. The Kier molecular flexibility index (Phi) is 72.3. The summed E-state index contributed by atoms with van der Waals surface area (Å²) in [5.74, 6) is -2.28. The van der Waals surface area contributed by atoms with E-state index in [2.05, 4.69) is 113 Å². The average molecular weight is 1480 g/mol. The Balaban J connectivity index is 5.41. The van der Waals surface area contributed by atoms with Gasteiger partial charge in [-0.15, -0.1) is 0 Å². The van der Waals surface area contributed by atoms with E-state index in [1.54, 1.807) is 0 Å². The fourth-order valence-electron chi connectivity index (χ4n) is 10.8. The van der Waals surface area contributed by atoms with E-state index < -0.39 is 97.5 Å². The molecule has 102 heavy (non-hydrogen) atoms. The lowest BCUT2D eigenvalue weighted by atomic mass is 10.1. The van der Waals surface area contributed by atoms with Crippen molar-refractivity contribution in [2.24, 2.45) is 0 Å². The van der Waals surface area contributed by atoms with Crippen molar-refractivity contribution in [3.05, 3.63) is 97.2 Å². The minimum absolute atomic E-state index is 0.0367. The Hall–Kier alpha value is -4.02. The van der Waals surface area contributed by atoms with Crippen LogP contribution in [0.4, 0.5) is 0 Å². The number of aliphatic hydroxyl groups is 1. The summed E-state index contributed by atoms with van der Waals surface area (Å²) in [6.45, 7) is 4.75. The van der Waals surface area contributed by atoms with Crippen molar-refractivity contribution in [3.8, 4) is 0 Å². The van der Waals surface area contributed by atoms with Gasteiger partial charge in [-0.05, 0) is 141 Å². The van der Waals surface area contributed by atoms with Crippen molar-refractivity contribution in [1.29, 1.82) is 0 Å². The maximum absolute atomic E-state index is 13.1. The van der Waals surface area contributed by atoms with Gasteiger partial charge >= 0.3 is 39.5 Å². The molecule has 5 atom stereocenters. The number of hydrogen-bond acceptors (Lipinski definition) is 15. The van der Waals surface area contributed by atoms with E-state index >= 15 is 0 Å². The predicted molar refractivity (Wildman–Crippen MR) is 418 cm³/mol. The maximum atomic E-state index is 13.1. The minimum atomic E-state index is -4.99. The van der Waals surface area contributed by atoms with Crippen LogP contribution in [0.1, 0.15) is 349 Å². The van der Waals surface area contributed by atoms with Gasteiger partial charge in [0.2, 0.25) is 0 Å². The second-order valence-electron chi connectivity index (χ2n) is 27.0. The van der Waals surface area contributed by atoms with Crippen LogP contribution in [-0.2, 0) is 65.4 Å². The zero-order valence-corrected chi connectivity index (χ0v) is 66.3. The van der Waals surface area contributed by atoms with Crippen molar-refractivity contribution in [1.82, 2.24) is 0 Å². The van der Waals surface area contributed by atoms with Crippen molar-refractivity contribution < 1.29 is 80.2 Å². The molecule has 19 heteroatoms. The average Bonchev–Trinajstić information content (AvgIpc) is 0.924. The van der Waals surface area contributed by atoms with Crippen LogP contribution < -0.4 is 0 Å². The minimum Gasteiger partial charge on any atom is -0.462 e. The standard InChI is InChI=1S/C83H146O17P2/c1-5-9-13-17-21-25-29-33-36-37-38-39-42-45-48-52-56-60-64-68-81(86)94-74-79(100-83(88)70-66-62-58-54-50-46-41-35-31-27-23-19-15-11-7-3)76-98-102(91,92)96-72-77(84)71-95-101(89,90)97-75-78(99-82(87)69-65-61-57-53-49-43-32-28-24-20-16-12-8-4)73-93-80(85)67-63-59-55-51-47-44-40-34-30-26-22-18-14-10-6-2/h21,25,28,32-36,38-41,45,48,56,60,77-79,84H,5-20,22-24,26-27,29-31,37,42-44,46-47,49-55,57-59,61-76H2,1-4H3,(H,89,90)(H,91,92)/b25-21-,32-28-,36-33-,39-38-,40-34-,41-35-,48-45-,60-56-/t77-,78+,79+/m0/s1. The summed E-state index contributed by atoms with van der Waals surface area (Å²) in [5, 5.41) is 10.6. The number of allylic oxidation sites excluding steroid dienone is 16. The second kappa shape index (κ2) is 75.2. The summed E-state index contributed by atoms with van der Waals surface area (Å²) in [6, 6.07) is 0. The fraction of sp³-hybridized carbons (Fsp3) is 0.759. The van der Waals surface area contributed by atoms with E-state index in [-0.39, 0.29) is 25.7 Å². The summed E-state index contributed by atoms with van der Waals surface area (Å²) >= 11 is 0. The normalized spacial score (nSPS) is 14.4. The summed E-state index contributed by atoms with van der Waals surface area (Å²) in [7, 11) is -9.98. The topological polar surface area (TPSA) is 237 Å². The number of hydrogen-bond donors (Lipinski definition) is 3. The summed E-state index contributed by atoms with van der Waals surface area (Å²) in [6.07, 6.45) is 79.7. The van der Waals surface area contributed by atoms with Crippen LogP contribution in [0.2, 0.25) is 0 Å². The van der Waals surface area contributed by atoms with Gasteiger partial charge in [0.1, 0.15) is 19.3 Å². The van der Waals surface area contributed by atoms with Gasteiger partial charge in [0.25, 0.3) is 0 Å². The molecule has 0 aromatic heterocycles. The maximum Gasteiger partial charge on any atom is 0.472 e. The van der Waals surface area contributed by atoms with Gasteiger partial charge in [-0.25, -0.2) is 9.13 Å². The van der Waals surface area contributed by atoms with Gasteiger partial charge in [0.05, 0.1) is 26.4 Å². The Morgan fingerprint density at radius 3 is 0.833 bits per heavy atom. The molecule has 0 saturated heterocycles. The zero-order chi connectivity index (χ0) is 74.6. The van der Waals surface area contributed by atoms with Gasteiger partial charge in [-0.3, -0.25) is 37.3 Å². The summed E-state index contributed by atoms with van der Waals surface area (Å²) in [4.78, 5) is 73.0. The Morgan fingerprint density at radius 1 is 0.275 bits per heavy atom. The Morgan fingerprint density at radius 2 is 0.500 bits per heavy atom. The first-order valence-electron chi connectivity index (χ1n) is 40.5. The molecular formula is C83H146O17P2. The highest BCUT2D eigenvalue weighted by atomic mass is 31.2. The van der Waals surface area contributed by atoms with Gasteiger partial charge < -0.3 is 33.8 Å². The summed E-state index contributed by atoms with van der Waals surface area (Å²) in [5.41, 5.74) is 0. The molecule has 0 fully saturated rings. The van der Waals surface area contributed by atoms with E-state index in [0.29, 0.717) is 32.1 Å². The smallest absolute Gasteiger partial charge is 0.462 e. The molecular weight excluding hydrogens is 1330 g/mol. The van der Waals surface area contributed by atoms with Crippen LogP contribution in [0, 0.1) is 0 Å². The molecule has 0 aliphatic carbocycles. The van der Waals surface area contributed by atoms with E-state index in [0.717, 1.165) is 141 Å². The number of phosphoric ester groups is 2. The predicted octanol–water partition coefficient (Wildman–Crippen LogP) is 23.6. The number of unbranched alkanes of at least 4 members (excludes halogenated alkanes) is 34. The fourth-order valence-corrected chi connectivity index (χ4v) is 12.4.